The summed E-state index contributed by atoms with van der Waals surface area (Å²) >= 11 is 0. The second-order valence-electron chi connectivity index (χ2n) is 5.45. The minimum absolute atomic E-state index is 0.301. The van der Waals surface area contributed by atoms with E-state index in [-0.39, 0.29) is 0 Å². The topological polar surface area (TPSA) is 0 Å². The van der Waals surface area contributed by atoms with Crippen LogP contribution in [0, 0.1) is 5.92 Å². The highest BCUT2D eigenvalue weighted by molar-refractivity contribution is 5.72. The molecule has 2 rings (SSSR count). The van der Waals surface area contributed by atoms with Crippen molar-refractivity contribution in [3.05, 3.63) is 41.5 Å². The molecule has 1 aromatic carbocycles. The minimum atomic E-state index is 0.301. The summed E-state index contributed by atoms with van der Waals surface area (Å²) in [5, 5.41) is 0. The van der Waals surface area contributed by atoms with E-state index in [1.165, 1.54) is 16.7 Å². The quantitative estimate of drug-likeness (QED) is 0.630. The molecular weight excluding hydrogens is 180 g/mol. The summed E-state index contributed by atoms with van der Waals surface area (Å²) in [5.74, 6) is 0.627. The molecule has 0 aromatic heterocycles. The number of allylic oxidation sites excluding steroid dienone is 2. The molecule has 0 unspecified atom stereocenters. The molecule has 0 N–H and O–H groups in total. The maximum atomic E-state index is 2.42. The van der Waals surface area contributed by atoms with Gasteiger partial charge >= 0.3 is 0 Å². The molecule has 0 nitrogen and oxygen atoms in total. The second-order valence-corrected chi connectivity index (χ2v) is 5.45. The summed E-state index contributed by atoms with van der Waals surface area (Å²) in [5.41, 5.74) is 4.79. The molecule has 0 heteroatoms. The zero-order chi connectivity index (χ0) is 11.1. The summed E-state index contributed by atoms with van der Waals surface area (Å²) in [7, 11) is 0. The fourth-order valence-electron chi connectivity index (χ4n) is 2.46. The van der Waals surface area contributed by atoms with Crippen LogP contribution in [0.15, 0.2) is 30.3 Å². The SMILES string of the molecule is CC(C)C1=CCC(C)(C)c2ccccc21. The van der Waals surface area contributed by atoms with Crippen LogP contribution in [0.2, 0.25) is 0 Å². The maximum Gasteiger partial charge on any atom is -0.00629 e. The Morgan fingerprint density at radius 2 is 1.80 bits per heavy atom. The average molecular weight is 200 g/mol. The number of benzene rings is 1. The van der Waals surface area contributed by atoms with Gasteiger partial charge in [-0.3, -0.25) is 0 Å². The van der Waals surface area contributed by atoms with Gasteiger partial charge in [0.1, 0.15) is 0 Å². The first-order chi connectivity index (χ1) is 7.02. The third-order valence-corrected chi connectivity index (χ3v) is 3.42. The molecule has 1 aliphatic carbocycles. The third-order valence-electron chi connectivity index (χ3n) is 3.42. The van der Waals surface area contributed by atoms with Gasteiger partial charge in [-0.15, -0.1) is 0 Å². The van der Waals surface area contributed by atoms with Crippen molar-refractivity contribution >= 4 is 5.57 Å². The smallest absolute Gasteiger partial charge is 0.00629 e. The lowest BCUT2D eigenvalue weighted by Crippen LogP contribution is -2.22. The van der Waals surface area contributed by atoms with Crippen LogP contribution in [0.1, 0.15) is 45.2 Å². The van der Waals surface area contributed by atoms with Gasteiger partial charge in [0.2, 0.25) is 0 Å². The highest BCUT2D eigenvalue weighted by atomic mass is 14.3. The van der Waals surface area contributed by atoms with Crippen molar-refractivity contribution in [2.75, 3.05) is 0 Å². The first kappa shape index (κ1) is 10.5. The van der Waals surface area contributed by atoms with E-state index in [2.05, 4.69) is 58.0 Å². The molecular formula is C15H20. The standard InChI is InChI=1S/C15H20/c1-11(2)12-9-10-15(3,4)14-8-6-5-7-13(12)14/h5-9,11H,10H2,1-4H3. The summed E-state index contributed by atoms with van der Waals surface area (Å²) in [4.78, 5) is 0. The Labute approximate surface area is 93.0 Å². The number of hydrogen-bond acceptors (Lipinski definition) is 0. The lowest BCUT2D eigenvalue weighted by Gasteiger charge is -2.33. The summed E-state index contributed by atoms with van der Waals surface area (Å²) < 4.78 is 0. The van der Waals surface area contributed by atoms with E-state index in [0.717, 1.165) is 6.42 Å². The summed E-state index contributed by atoms with van der Waals surface area (Å²) in [6, 6.07) is 8.85. The largest absolute Gasteiger partial charge is 0.0796 e. The van der Waals surface area contributed by atoms with Crippen molar-refractivity contribution < 1.29 is 0 Å². The van der Waals surface area contributed by atoms with Crippen molar-refractivity contribution in [3.8, 4) is 0 Å². The molecule has 0 heterocycles. The first-order valence-electron chi connectivity index (χ1n) is 5.82. The molecule has 0 radical (unpaired) electrons. The maximum absolute atomic E-state index is 2.42. The van der Waals surface area contributed by atoms with E-state index in [1.54, 1.807) is 0 Å². The van der Waals surface area contributed by atoms with Gasteiger partial charge in [0.25, 0.3) is 0 Å². The van der Waals surface area contributed by atoms with Crippen molar-refractivity contribution in [1.29, 1.82) is 0 Å². The van der Waals surface area contributed by atoms with E-state index in [9.17, 15) is 0 Å². The van der Waals surface area contributed by atoms with Crippen LogP contribution in [0.4, 0.5) is 0 Å². The average Bonchev–Trinajstić information content (AvgIpc) is 2.17. The highest BCUT2D eigenvalue weighted by Crippen LogP contribution is 2.40. The van der Waals surface area contributed by atoms with E-state index in [4.69, 9.17) is 0 Å². The van der Waals surface area contributed by atoms with Crippen LogP contribution >= 0.6 is 0 Å². The van der Waals surface area contributed by atoms with Crippen molar-refractivity contribution in [1.82, 2.24) is 0 Å². The van der Waals surface area contributed by atoms with Gasteiger partial charge in [0, 0.05) is 0 Å². The second kappa shape index (κ2) is 3.52. The predicted molar refractivity (Wildman–Crippen MR) is 66.9 cm³/mol. The number of hydrogen-bond donors (Lipinski definition) is 0. The molecule has 0 amide bonds. The zero-order valence-corrected chi connectivity index (χ0v) is 10.2. The Balaban J connectivity index is 2.58. The Bertz CT molecular complexity index is 394. The number of fused-ring (bicyclic) bond motifs is 1. The van der Waals surface area contributed by atoms with Crippen molar-refractivity contribution in [2.45, 2.75) is 39.5 Å². The molecule has 15 heavy (non-hydrogen) atoms. The van der Waals surface area contributed by atoms with Crippen LogP contribution in [-0.4, -0.2) is 0 Å². The van der Waals surface area contributed by atoms with Gasteiger partial charge in [0.05, 0.1) is 0 Å². The molecule has 0 bridgehead atoms. The minimum Gasteiger partial charge on any atom is -0.0796 e. The normalized spacial score (nSPS) is 18.6. The fourth-order valence-corrected chi connectivity index (χ4v) is 2.46. The zero-order valence-electron chi connectivity index (χ0n) is 10.2. The van der Waals surface area contributed by atoms with Gasteiger partial charge < -0.3 is 0 Å². The Morgan fingerprint density at radius 1 is 1.13 bits per heavy atom. The van der Waals surface area contributed by atoms with Crippen LogP contribution in [0.25, 0.3) is 5.57 Å². The molecule has 1 aromatic rings. The molecule has 80 valence electrons. The third kappa shape index (κ3) is 1.73. The van der Waals surface area contributed by atoms with Gasteiger partial charge in [0.15, 0.2) is 0 Å². The van der Waals surface area contributed by atoms with Crippen LogP contribution in [0.3, 0.4) is 0 Å². The molecule has 0 saturated heterocycles. The van der Waals surface area contributed by atoms with E-state index >= 15 is 0 Å². The van der Waals surface area contributed by atoms with Gasteiger partial charge in [-0.1, -0.05) is 58.0 Å². The van der Waals surface area contributed by atoms with E-state index < -0.39 is 0 Å². The predicted octanol–water partition coefficient (Wildman–Crippen LogP) is 4.41. The Morgan fingerprint density at radius 3 is 2.47 bits per heavy atom. The lowest BCUT2D eigenvalue weighted by molar-refractivity contribution is 0.523. The van der Waals surface area contributed by atoms with E-state index in [0.29, 0.717) is 11.3 Å². The summed E-state index contributed by atoms with van der Waals surface area (Å²) in [6.07, 6.45) is 3.59. The molecule has 0 spiro atoms. The molecule has 0 saturated carbocycles. The van der Waals surface area contributed by atoms with E-state index in [1.807, 2.05) is 0 Å². The van der Waals surface area contributed by atoms with Crippen LogP contribution < -0.4 is 0 Å². The highest BCUT2D eigenvalue weighted by Gasteiger charge is 2.28. The number of rotatable bonds is 1. The van der Waals surface area contributed by atoms with Gasteiger partial charge in [-0.05, 0) is 34.5 Å². The Hall–Kier alpha value is -1.04. The fraction of sp³-hybridized carbons (Fsp3) is 0.467. The van der Waals surface area contributed by atoms with Gasteiger partial charge in [-0.25, -0.2) is 0 Å². The lowest BCUT2D eigenvalue weighted by atomic mass is 9.71. The Kier molecular flexibility index (Phi) is 2.46. The first-order valence-corrected chi connectivity index (χ1v) is 5.82. The van der Waals surface area contributed by atoms with Crippen LogP contribution in [-0.2, 0) is 5.41 Å². The van der Waals surface area contributed by atoms with Gasteiger partial charge in [-0.2, -0.15) is 0 Å². The van der Waals surface area contributed by atoms with Crippen LogP contribution in [0.5, 0.6) is 0 Å². The van der Waals surface area contributed by atoms with Crippen molar-refractivity contribution in [3.63, 3.8) is 0 Å². The molecule has 0 atom stereocenters. The molecule has 1 aliphatic rings. The summed E-state index contributed by atoms with van der Waals surface area (Å²) in [6.45, 7) is 9.22. The molecule has 0 fully saturated rings. The monoisotopic (exact) mass is 200 g/mol. The van der Waals surface area contributed by atoms with Crippen molar-refractivity contribution in [2.24, 2.45) is 5.92 Å². The molecule has 0 aliphatic heterocycles.